The van der Waals surface area contributed by atoms with Crippen molar-refractivity contribution >= 4 is 23.6 Å². The number of carbonyl (C=O) groups is 1. The van der Waals surface area contributed by atoms with Gasteiger partial charge < -0.3 is 5.11 Å². The molecule has 0 aliphatic heterocycles. The van der Waals surface area contributed by atoms with E-state index >= 15 is 0 Å². The third kappa shape index (κ3) is 6.14. The predicted molar refractivity (Wildman–Crippen MR) is 120 cm³/mol. The molecule has 2 atom stereocenters. The van der Waals surface area contributed by atoms with Crippen LogP contribution in [-0.2, 0) is 4.79 Å². The minimum atomic E-state index is -1.24. The largest absolute Gasteiger partial charge is 0.382 e. The molecule has 0 saturated heterocycles. The van der Waals surface area contributed by atoms with E-state index < -0.39 is 5.60 Å². The highest BCUT2D eigenvalue weighted by atomic mass is 32.2. The van der Waals surface area contributed by atoms with Crippen LogP contribution in [0.15, 0.2) is 29.3 Å². The molecule has 0 bridgehead atoms. The van der Waals surface area contributed by atoms with Gasteiger partial charge in [-0.15, -0.1) is 0 Å². The summed E-state index contributed by atoms with van der Waals surface area (Å²) in [7, 11) is 0. The molecule has 0 aliphatic carbocycles. The molecule has 0 saturated carbocycles. The smallest absolute Gasteiger partial charge is 0.171 e. The molecular formula is C23H34FN3O2S. The first-order valence-electron chi connectivity index (χ1n) is 10.8. The van der Waals surface area contributed by atoms with Gasteiger partial charge in [-0.1, -0.05) is 32.4 Å². The van der Waals surface area contributed by atoms with E-state index in [9.17, 15) is 13.8 Å². The predicted octanol–water partition coefficient (Wildman–Crippen LogP) is 6.13. The maximum atomic E-state index is 13.2. The Morgan fingerprint density at radius 1 is 1.33 bits per heavy atom. The van der Waals surface area contributed by atoms with Crippen LogP contribution in [0.25, 0.3) is 5.65 Å². The van der Waals surface area contributed by atoms with Gasteiger partial charge >= 0.3 is 0 Å². The molecule has 2 unspecified atom stereocenters. The van der Waals surface area contributed by atoms with Crippen molar-refractivity contribution in [3.63, 3.8) is 0 Å². The molecule has 0 aromatic carbocycles. The number of hydrogen-bond acceptors (Lipinski definition) is 5. The molecule has 5 nitrogen and oxygen atoms in total. The van der Waals surface area contributed by atoms with Crippen molar-refractivity contribution < 1.29 is 13.8 Å². The van der Waals surface area contributed by atoms with Crippen molar-refractivity contribution in [2.75, 3.05) is 0 Å². The molecule has 1 N–H and O–H groups in total. The van der Waals surface area contributed by atoms with Crippen LogP contribution >= 0.6 is 12.1 Å². The Balaban J connectivity index is 1.97. The lowest BCUT2D eigenvalue weighted by molar-refractivity contribution is -0.135. The van der Waals surface area contributed by atoms with Crippen LogP contribution in [0.1, 0.15) is 89.4 Å². The summed E-state index contributed by atoms with van der Waals surface area (Å²) in [5.41, 5.74) is 2.31. The number of Topliss-reactive ketones (excluding diaryl/α,β-unsaturated/α-hetero) is 1. The summed E-state index contributed by atoms with van der Waals surface area (Å²) >= 11 is 0.177. The summed E-state index contributed by atoms with van der Waals surface area (Å²) in [6, 6.07) is 2.05. The number of allylic oxidation sites excluding steroid dienone is 1. The van der Waals surface area contributed by atoms with Crippen LogP contribution in [-0.4, -0.2) is 31.1 Å². The third-order valence-corrected chi connectivity index (χ3v) is 6.31. The lowest BCUT2D eigenvalue weighted by Gasteiger charge is -2.20. The molecule has 0 fully saturated rings. The molecule has 2 aromatic rings. The maximum Gasteiger partial charge on any atom is 0.171 e. The fourth-order valence-electron chi connectivity index (χ4n) is 3.65. The van der Waals surface area contributed by atoms with Crippen molar-refractivity contribution in [2.24, 2.45) is 0 Å². The Labute approximate surface area is 183 Å². The Kier molecular flexibility index (Phi) is 9.04. The van der Waals surface area contributed by atoms with Gasteiger partial charge in [0.1, 0.15) is 10.5 Å². The van der Waals surface area contributed by atoms with Gasteiger partial charge in [0.15, 0.2) is 11.4 Å². The second kappa shape index (κ2) is 11.0. The number of carbonyl (C=O) groups excluding carboxylic acids is 1. The molecule has 0 amide bonds. The zero-order valence-corrected chi connectivity index (χ0v) is 19.4. The Hall–Kier alpha value is -1.73. The summed E-state index contributed by atoms with van der Waals surface area (Å²) in [5, 5.41) is 14.3. The van der Waals surface area contributed by atoms with Gasteiger partial charge in [-0.3, -0.25) is 4.79 Å². The highest BCUT2D eigenvalue weighted by Crippen LogP contribution is 2.30. The topological polar surface area (TPSA) is 67.5 Å². The van der Waals surface area contributed by atoms with Gasteiger partial charge in [0, 0.05) is 23.7 Å². The second-order valence-electron chi connectivity index (χ2n) is 8.32. The zero-order chi connectivity index (χ0) is 22.3. The number of aromatic nitrogens is 3. The summed E-state index contributed by atoms with van der Waals surface area (Å²) in [4.78, 5) is 17.3. The molecule has 166 valence electrons. The van der Waals surface area contributed by atoms with Gasteiger partial charge in [0.2, 0.25) is 0 Å². The van der Waals surface area contributed by atoms with E-state index in [0.29, 0.717) is 35.7 Å². The standard InChI is InChI=1S/C23H34FN3O2S/c1-6-9-18(11-8-10-16(3)12-13-21(28)23(5,29)7-2)19-14-17(4)27-22(26-19)20(30-24)15-25-27/h14-15,18,29H,3,6-13H2,1-2,4-5H3. The quantitative estimate of drug-likeness (QED) is 0.383. The highest BCUT2D eigenvalue weighted by molar-refractivity contribution is 7.94. The Morgan fingerprint density at radius 2 is 2.07 bits per heavy atom. The number of fused-ring (bicyclic) bond motifs is 1. The van der Waals surface area contributed by atoms with Crippen molar-refractivity contribution in [1.29, 1.82) is 0 Å². The summed E-state index contributed by atoms with van der Waals surface area (Å²) in [6.45, 7) is 11.6. The number of ketones is 1. The fourth-order valence-corrected chi connectivity index (χ4v) is 3.94. The summed E-state index contributed by atoms with van der Waals surface area (Å²) in [5.74, 6) is 0.173. The van der Waals surface area contributed by atoms with Crippen molar-refractivity contribution in [3.8, 4) is 0 Å². The minimum absolute atomic E-state index is 0.120. The Bertz CT molecular complexity index is 879. The minimum Gasteiger partial charge on any atom is -0.382 e. The Morgan fingerprint density at radius 3 is 2.70 bits per heavy atom. The SMILES string of the molecule is C=C(CCCC(CCC)c1cc(C)n2ncc(SF)c2n1)CCC(=O)C(C)(O)CC. The number of aliphatic hydroxyl groups is 1. The van der Waals surface area contributed by atoms with Crippen LogP contribution in [0.4, 0.5) is 3.89 Å². The first-order valence-corrected chi connectivity index (χ1v) is 11.5. The van der Waals surface area contributed by atoms with Gasteiger partial charge in [-0.25, -0.2) is 9.50 Å². The molecular weight excluding hydrogens is 401 g/mol. The summed E-state index contributed by atoms with van der Waals surface area (Å²) < 4.78 is 14.9. The lowest BCUT2D eigenvalue weighted by Crippen LogP contribution is -2.34. The average Bonchev–Trinajstić information content (AvgIpc) is 3.14. The molecule has 7 heteroatoms. The number of hydrogen-bond donors (Lipinski definition) is 1. The van der Waals surface area contributed by atoms with E-state index in [-0.39, 0.29) is 17.9 Å². The average molecular weight is 436 g/mol. The van der Waals surface area contributed by atoms with Crippen LogP contribution in [0, 0.1) is 6.92 Å². The number of aryl methyl sites for hydroxylation is 1. The van der Waals surface area contributed by atoms with E-state index in [2.05, 4.69) is 18.6 Å². The van der Waals surface area contributed by atoms with Gasteiger partial charge in [-0.2, -0.15) is 8.98 Å². The first kappa shape index (κ1) is 24.5. The second-order valence-corrected chi connectivity index (χ2v) is 8.92. The maximum absolute atomic E-state index is 13.2. The van der Waals surface area contributed by atoms with Crippen LogP contribution in [0.3, 0.4) is 0 Å². The molecule has 2 heterocycles. The molecule has 0 spiro atoms. The molecule has 0 radical (unpaired) electrons. The molecule has 2 rings (SSSR count). The van der Waals surface area contributed by atoms with Gasteiger partial charge in [-0.05, 0) is 58.4 Å². The van der Waals surface area contributed by atoms with Gasteiger partial charge in [0.05, 0.1) is 18.3 Å². The monoisotopic (exact) mass is 435 g/mol. The summed E-state index contributed by atoms with van der Waals surface area (Å²) in [6.07, 6.45) is 7.71. The van der Waals surface area contributed by atoms with Crippen molar-refractivity contribution in [2.45, 2.75) is 95.5 Å². The first-order chi connectivity index (χ1) is 14.2. The molecule has 0 aliphatic rings. The van der Waals surface area contributed by atoms with Crippen LogP contribution in [0.5, 0.6) is 0 Å². The lowest BCUT2D eigenvalue weighted by atomic mass is 9.90. The van der Waals surface area contributed by atoms with Crippen molar-refractivity contribution in [3.05, 3.63) is 35.8 Å². The van der Waals surface area contributed by atoms with E-state index in [0.717, 1.165) is 49.1 Å². The number of rotatable bonds is 13. The van der Waals surface area contributed by atoms with E-state index in [1.807, 2.05) is 19.9 Å². The van der Waals surface area contributed by atoms with Crippen LogP contribution < -0.4 is 0 Å². The van der Waals surface area contributed by atoms with Crippen LogP contribution in [0.2, 0.25) is 0 Å². The molecule has 2 aromatic heterocycles. The third-order valence-electron chi connectivity index (χ3n) is 5.85. The van der Waals surface area contributed by atoms with Gasteiger partial charge in [0.25, 0.3) is 0 Å². The van der Waals surface area contributed by atoms with E-state index in [4.69, 9.17) is 4.98 Å². The van der Waals surface area contributed by atoms with E-state index in [1.54, 1.807) is 11.4 Å². The highest BCUT2D eigenvalue weighted by Gasteiger charge is 2.27. The number of halogens is 1. The number of nitrogens with zero attached hydrogens (tertiary/aromatic N) is 3. The van der Waals surface area contributed by atoms with Crippen molar-refractivity contribution in [1.82, 2.24) is 14.6 Å². The van der Waals surface area contributed by atoms with E-state index in [1.165, 1.54) is 6.20 Å². The fraction of sp³-hybridized carbons (Fsp3) is 0.609. The zero-order valence-electron chi connectivity index (χ0n) is 18.6. The normalized spacial score (nSPS) is 14.6. The molecule has 30 heavy (non-hydrogen) atoms.